The summed E-state index contributed by atoms with van der Waals surface area (Å²) in [7, 11) is 0. The Hall–Kier alpha value is -1.55. The molecule has 2 aromatic heterocycles. The Morgan fingerprint density at radius 1 is 1.25 bits per heavy atom. The fourth-order valence-electron chi connectivity index (χ4n) is 1.22. The first-order valence-electron chi connectivity index (χ1n) is 4.69. The van der Waals surface area contributed by atoms with Crippen molar-refractivity contribution in [2.24, 2.45) is 0 Å². The fourth-order valence-corrected chi connectivity index (χ4v) is 1.54. The number of hydrogen-bond donors (Lipinski definition) is 0. The number of carbonyl (C=O) groups excluding carboxylic acids is 1. The molecule has 0 saturated carbocycles. The summed E-state index contributed by atoms with van der Waals surface area (Å²) >= 11 is 3.18. The summed E-state index contributed by atoms with van der Waals surface area (Å²) in [5.41, 5.74) is 0. The summed E-state index contributed by atoms with van der Waals surface area (Å²) in [6.45, 7) is 1.80. The molecule has 0 aliphatic heterocycles. The monoisotopic (exact) mass is 280 g/mol. The molecule has 0 saturated heterocycles. The van der Waals surface area contributed by atoms with Crippen LogP contribution in [0.3, 0.4) is 0 Å². The molecule has 0 N–H and O–H groups in total. The summed E-state index contributed by atoms with van der Waals surface area (Å²) in [6.07, 6.45) is 3.02. The van der Waals surface area contributed by atoms with Crippen molar-refractivity contribution in [3.8, 4) is 0 Å². The topological polar surface area (TPSA) is 43.4 Å². The number of rotatable bonds is 3. The van der Waals surface area contributed by atoms with Crippen LogP contribution in [0.2, 0.25) is 0 Å². The standard InChI is InChI=1S/C12H9BrO3/c1-8-2-6-11(15-8)10(14)5-3-9-4-7-12(13)16-9/h2-7H,1H3. The minimum absolute atomic E-state index is 0.180. The van der Waals surface area contributed by atoms with Gasteiger partial charge in [0.25, 0.3) is 0 Å². The SMILES string of the molecule is Cc1ccc(C(=O)C=Cc2ccc(Br)o2)o1. The van der Waals surface area contributed by atoms with Crippen LogP contribution in [0.4, 0.5) is 0 Å². The second kappa shape index (κ2) is 4.53. The van der Waals surface area contributed by atoms with Crippen molar-refractivity contribution >= 4 is 27.8 Å². The third kappa shape index (κ3) is 2.52. The first kappa shape index (κ1) is 11.0. The normalized spacial score (nSPS) is 11.1. The van der Waals surface area contributed by atoms with Crippen LogP contribution < -0.4 is 0 Å². The van der Waals surface area contributed by atoms with Gasteiger partial charge in [0.05, 0.1) is 0 Å². The molecule has 4 heteroatoms. The van der Waals surface area contributed by atoms with Gasteiger partial charge in [-0.1, -0.05) is 0 Å². The Morgan fingerprint density at radius 3 is 2.62 bits per heavy atom. The minimum Gasteiger partial charge on any atom is -0.458 e. The van der Waals surface area contributed by atoms with Gasteiger partial charge in [-0.05, 0) is 59.3 Å². The first-order chi connectivity index (χ1) is 7.65. The van der Waals surface area contributed by atoms with E-state index >= 15 is 0 Å². The number of carbonyl (C=O) groups is 1. The molecule has 0 bridgehead atoms. The largest absolute Gasteiger partial charge is 0.458 e. The zero-order chi connectivity index (χ0) is 11.5. The van der Waals surface area contributed by atoms with Gasteiger partial charge in [0.1, 0.15) is 11.5 Å². The second-order valence-electron chi connectivity index (χ2n) is 3.25. The molecule has 3 nitrogen and oxygen atoms in total. The van der Waals surface area contributed by atoms with E-state index in [1.165, 1.54) is 6.08 Å². The van der Waals surface area contributed by atoms with E-state index in [1.807, 2.05) is 0 Å². The highest BCUT2D eigenvalue weighted by Gasteiger charge is 2.06. The average molecular weight is 281 g/mol. The van der Waals surface area contributed by atoms with E-state index in [9.17, 15) is 4.79 Å². The van der Waals surface area contributed by atoms with Crippen LogP contribution >= 0.6 is 15.9 Å². The molecular weight excluding hydrogens is 272 g/mol. The van der Waals surface area contributed by atoms with Crippen LogP contribution in [0.25, 0.3) is 6.08 Å². The summed E-state index contributed by atoms with van der Waals surface area (Å²) in [6, 6.07) is 6.94. The van der Waals surface area contributed by atoms with Gasteiger partial charge < -0.3 is 8.83 Å². The van der Waals surface area contributed by atoms with Gasteiger partial charge in [0.15, 0.2) is 10.4 Å². The summed E-state index contributed by atoms with van der Waals surface area (Å²) in [5.74, 6) is 1.49. The zero-order valence-corrected chi connectivity index (χ0v) is 10.2. The van der Waals surface area contributed by atoms with Crippen molar-refractivity contribution in [1.29, 1.82) is 0 Å². The summed E-state index contributed by atoms with van der Waals surface area (Å²) in [5, 5.41) is 0. The molecule has 0 atom stereocenters. The molecule has 2 heterocycles. The highest BCUT2D eigenvalue weighted by molar-refractivity contribution is 9.10. The molecular formula is C12H9BrO3. The molecule has 0 radical (unpaired) electrons. The molecule has 0 amide bonds. The number of halogens is 1. The zero-order valence-electron chi connectivity index (χ0n) is 8.57. The van der Waals surface area contributed by atoms with Crippen LogP contribution in [0.1, 0.15) is 22.1 Å². The second-order valence-corrected chi connectivity index (χ2v) is 4.03. The first-order valence-corrected chi connectivity index (χ1v) is 5.48. The Kier molecular flexibility index (Phi) is 3.10. The lowest BCUT2D eigenvalue weighted by atomic mass is 10.2. The van der Waals surface area contributed by atoms with Gasteiger partial charge in [-0.25, -0.2) is 0 Å². The number of furan rings is 2. The highest BCUT2D eigenvalue weighted by atomic mass is 79.9. The molecule has 0 aliphatic rings. The van der Waals surface area contributed by atoms with E-state index in [1.54, 1.807) is 37.3 Å². The van der Waals surface area contributed by atoms with Gasteiger partial charge in [-0.3, -0.25) is 4.79 Å². The van der Waals surface area contributed by atoms with E-state index < -0.39 is 0 Å². The van der Waals surface area contributed by atoms with Gasteiger partial charge in [0.2, 0.25) is 5.78 Å². The summed E-state index contributed by atoms with van der Waals surface area (Å²) in [4.78, 5) is 11.6. The third-order valence-electron chi connectivity index (χ3n) is 1.98. The molecule has 16 heavy (non-hydrogen) atoms. The van der Waals surface area contributed by atoms with E-state index in [0.29, 0.717) is 16.2 Å². The quantitative estimate of drug-likeness (QED) is 0.634. The molecule has 2 rings (SSSR count). The Bertz CT molecular complexity index is 534. The third-order valence-corrected chi connectivity index (χ3v) is 2.40. The Balaban J connectivity index is 2.10. The van der Waals surface area contributed by atoms with Crippen molar-refractivity contribution in [3.63, 3.8) is 0 Å². The van der Waals surface area contributed by atoms with Crippen LogP contribution in [-0.2, 0) is 0 Å². The molecule has 82 valence electrons. The van der Waals surface area contributed by atoms with Crippen LogP contribution in [0, 0.1) is 6.92 Å². The molecule has 0 aliphatic carbocycles. The van der Waals surface area contributed by atoms with Crippen LogP contribution in [0.15, 0.2) is 43.8 Å². The number of aryl methyl sites for hydroxylation is 1. The fraction of sp³-hybridized carbons (Fsp3) is 0.0833. The van der Waals surface area contributed by atoms with Crippen molar-refractivity contribution in [2.45, 2.75) is 6.92 Å². The van der Waals surface area contributed by atoms with Crippen LogP contribution in [-0.4, -0.2) is 5.78 Å². The van der Waals surface area contributed by atoms with Crippen LogP contribution in [0.5, 0.6) is 0 Å². The van der Waals surface area contributed by atoms with Crippen molar-refractivity contribution < 1.29 is 13.6 Å². The lowest BCUT2D eigenvalue weighted by Gasteiger charge is -1.88. The predicted molar refractivity (Wildman–Crippen MR) is 63.2 cm³/mol. The minimum atomic E-state index is -0.180. The van der Waals surface area contributed by atoms with Gasteiger partial charge in [-0.15, -0.1) is 0 Å². The van der Waals surface area contributed by atoms with E-state index in [0.717, 1.165) is 5.76 Å². The maximum atomic E-state index is 11.6. The maximum absolute atomic E-state index is 11.6. The number of allylic oxidation sites excluding steroid dienone is 1. The van der Waals surface area contributed by atoms with Gasteiger partial charge >= 0.3 is 0 Å². The lowest BCUT2D eigenvalue weighted by molar-refractivity contribution is 0.102. The van der Waals surface area contributed by atoms with Crippen molar-refractivity contribution in [2.75, 3.05) is 0 Å². The highest BCUT2D eigenvalue weighted by Crippen LogP contribution is 2.15. The molecule has 0 spiro atoms. The lowest BCUT2D eigenvalue weighted by Crippen LogP contribution is -1.90. The summed E-state index contributed by atoms with van der Waals surface area (Å²) < 4.78 is 11.1. The maximum Gasteiger partial charge on any atom is 0.221 e. The number of ketones is 1. The Morgan fingerprint density at radius 2 is 2.06 bits per heavy atom. The molecule has 0 unspecified atom stereocenters. The molecule has 0 fully saturated rings. The van der Waals surface area contributed by atoms with Gasteiger partial charge in [0, 0.05) is 0 Å². The Labute approximate surface area is 101 Å². The molecule has 2 aromatic rings. The molecule has 0 aromatic carbocycles. The van der Waals surface area contributed by atoms with Crippen molar-refractivity contribution in [1.82, 2.24) is 0 Å². The number of hydrogen-bond acceptors (Lipinski definition) is 3. The predicted octanol–water partition coefficient (Wildman–Crippen LogP) is 3.84. The van der Waals surface area contributed by atoms with E-state index in [4.69, 9.17) is 8.83 Å². The van der Waals surface area contributed by atoms with Crippen molar-refractivity contribution in [3.05, 3.63) is 52.3 Å². The van der Waals surface area contributed by atoms with E-state index in [2.05, 4.69) is 15.9 Å². The van der Waals surface area contributed by atoms with E-state index in [-0.39, 0.29) is 5.78 Å². The van der Waals surface area contributed by atoms with Gasteiger partial charge in [-0.2, -0.15) is 0 Å². The average Bonchev–Trinajstić information content (AvgIpc) is 2.84. The smallest absolute Gasteiger partial charge is 0.221 e.